The van der Waals surface area contributed by atoms with Gasteiger partial charge in [0.1, 0.15) is 18.4 Å². The SMILES string of the molecule is CCCOC(=O)c1cccc(F)c1-c1cc(-c2ccc(F)cc2)n(COC)n1. The van der Waals surface area contributed by atoms with Crippen LogP contribution in [0.15, 0.2) is 48.5 Å². The first-order chi connectivity index (χ1) is 13.5. The van der Waals surface area contributed by atoms with Gasteiger partial charge < -0.3 is 9.47 Å². The predicted molar refractivity (Wildman–Crippen MR) is 101 cm³/mol. The summed E-state index contributed by atoms with van der Waals surface area (Å²) in [5, 5.41) is 4.40. The maximum absolute atomic E-state index is 14.7. The van der Waals surface area contributed by atoms with Crippen LogP contribution in [-0.2, 0) is 16.2 Å². The molecule has 1 aromatic heterocycles. The van der Waals surface area contributed by atoms with Gasteiger partial charge in [-0.1, -0.05) is 13.0 Å². The molecule has 3 aromatic rings. The van der Waals surface area contributed by atoms with Gasteiger partial charge in [-0.25, -0.2) is 18.3 Å². The fraction of sp³-hybridized carbons (Fsp3) is 0.238. The minimum atomic E-state index is -0.610. The fourth-order valence-corrected chi connectivity index (χ4v) is 2.84. The van der Waals surface area contributed by atoms with Crippen molar-refractivity contribution in [2.75, 3.05) is 13.7 Å². The van der Waals surface area contributed by atoms with Crippen molar-refractivity contribution in [1.82, 2.24) is 9.78 Å². The highest BCUT2D eigenvalue weighted by atomic mass is 19.1. The Kier molecular flexibility index (Phi) is 6.16. The molecule has 0 aliphatic carbocycles. The first-order valence-corrected chi connectivity index (χ1v) is 8.84. The van der Waals surface area contributed by atoms with E-state index in [9.17, 15) is 13.6 Å². The molecule has 0 atom stereocenters. The van der Waals surface area contributed by atoms with Crippen LogP contribution < -0.4 is 0 Å². The van der Waals surface area contributed by atoms with Crippen molar-refractivity contribution >= 4 is 5.97 Å². The minimum Gasteiger partial charge on any atom is -0.462 e. The van der Waals surface area contributed by atoms with Gasteiger partial charge >= 0.3 is 5.97 Å². The van der Waals surface area contributed by atoms with Crippen LogP contribution in [0.25, 0.3) is 22.5 Å². The molecule has 7 heteroatoms. The van der Waals surface area contributed by atoms with E-state index in [0.29, 0.717) is 17.7 Å². The minimum absolute atomic E-state index is 0.0572. The standard InChI is InChI=1S/C21H20F2N2O3/c1-3-11-28-21(26)16-5-4-6-17(23)20(16)18-12-19(25(24-18)13-27-2)14-7-9-15(22)10-8-14/h4-10,12H,3,11,13H2,1-2H3. The lowest BCUT2D eigenvalue weighted by molar-refractivity contribution is 0.0505. The van der Waals surface area contributed by atoms with Gasteiger partial charge in [0.15, 0.2) is 0 Å². The molecular weight excluding hydrogens is 366 g/mol. The molecule has 0 N–H and O–H groups in total. The Balaban J connectivity index is 2.10. The molecule has 0 bridgehead atoms. The molecule has 0 amide bonds. The number of carbonyl (C=O) groups is 1. The number of methoxy groups -OCH3 is 1. The molecule has 0 aliphatic rings. The number of halogens is 2. The van der Waals surface area contributed by atoms with Crippen LogP contribution in [-0.4, -0.2) is 29.5 Å². The van der Waals surface area contributed by atoms with E-state index < -0.39 is 11.8 Å². The lowest BCUT2D eigenvalue weighted by Gasteiger charge is -2.08. The normalized spacial score (nSPS) is 10.9. The highest BCUT2D eigenvalue weighted by molar-refractivity contribution is 5.97. The summed E-state index contributed by atoms with van der Waals surface area (Å²) in [5.41, 5.74) is 1.71. The lowest BCUT2D eigenvalue weighted by atomic mass is 10.0. The average molecular weight is 386 g/mol. The number of aromatic nitrogens is 2. The van der Waals surface area contributed by atoms with Crippen molar-refractivity contribution in [1.29, 1.82) is 0 Å². The molecule has 2 aromatic carbocycles. The molecule has 5 nitrogen and oxygen atoms in total. The zero-order valence-electron chi connectivity index (χ0n) is 15.6. The van der Waals surface area contributed by atoms with Crippen molar-refractivity contribution in [2.45, 2.75) is 20.1 Å². The second-order valence-corrected chi connectivity index (χ2v) is 6.14. The number of rotatable bonds is 7. The third kappa shape index (κ3) is 4.09. The van der Waals surface area contributed by atoms with Crippen LogP contribution in [0, 0.1) is 11.6 Å². The molecular formula is C21H20F2N2O3. The van der Waals surface area contributed by atoms with Gasteiger partial charge in [-0.2, -0.15) is 5.10 Å². The number of ether oxygens (including phenoxy) is 2. The Bertz CT molecular complexity index is 968. The van der Waals surface area contributed by atoms with Crippen molar-refractivity contribution in [2.24, 2.45) is 0 Å². The van der Waals surface area contributed by atoms with Crippen molar-refractivity contribution in [3.8, 4) is 22.5 Å². The van der Waals surface area contributed by atoms with Gasteiger partial charge in [-0.15, -0.1) is 0 Å². The third-order valence-corrected chi connectivity index (χ3v) is 4.10. The molecule has 0 fully saturated rings. The molecule has 3 rings (SSSR count). The van der Waals surface area contributed by atoms with Gasteiger partial charge in [-0.05, 0) is 48.9 Å². The van der Waals surface area contributed by atoms with Crippen LogP contribution in [0.3, 0.4) is 0 Å². The molecule has 146 valence electrons. The van der Waals surface area contributed by atoms with Crippen LogP contribution >= 0.6 is 0 Å². The highest BCUT2D eigenvalue weighted by Gasteiger charge is 2.22. The molecule has 28 heavy (non-hydrogen) atoms. The van der Waals surface area contributed by atoms with Crippen molar-refractivity contribution < 1.29 is 23.0 Å². The van der Waals surface area contributed by atoms with Crippen LogP contribution in [0.1, 0.15) is 23.7 Å². The second kappa shape index (κ2) is 8.75. The number of nitrogens with zero attached hydrogens (tertiary/aromatic N) is 2. The van der Waals surface area contributed by atoms with Crippen molar-refractivity contribution in [3.05, 3.63) is 65.7 Å². The first kappa shape index (κ1) is 19.7. The monoisotopic (exact) mass is 386 g/mol. The topological polar surface area (TPSA) is 53.4 Å². The van der Waals surface area contributed by atoms with Crippen molar-refractivity contribution in [3.63, 3.8) is 0 Å². The van der Waals surface area contributed by atoms with Crippen LogP contribution in [0.4, 0.5) is 8.78 Å². The van der Waals surface area contributed by atoms with E-state index in [-0.39, 0.29) is 36.0 Å². The Hall–Kier alpha value is -3.06. The van der Waals surface area contributed by atoms with E-state index in [1.54, 1.807) is 18.2 Å². The fourth-order valence-electron chi connectivity index (χ4n) is 2.84. The second-order valence-electron chi connectivity index (χ2n) is 6.14. The predicted octanol–water partition coefficient (Wildman–Crippen LogP) is 4.67. The molecule has 1 heterocycles. The summed E-state index contributed by atoms with van der Waals surface area (Å²) in [7, 11) is 1.51. The number of carbonyl (C=O) groups excluding carboxylic acids is 1. The maximum atomic E-state index is 14.7. The Morgan fingerprint density at radius 1 is 1.14 bits per heavy atom. The summed E-state index contributed by atoms with van der Waals surface area (Å²) in [6, 6.07) is 11.7. The Morgan fingerprint density at radius 3 is 2.57 bits per heavy atom. The lowest BCUT2D eigenvalue weighted by Crippen LogP contribution is -2.09. The third-order valence-electron chi connectivity index (χ3n) is 4.10. The van der Waals surface area contributed by atoms with Gasteiger partial charge in [0.25, 0.3) is 0 Å². The number of esters is 1. The van der Waals surface area contributed by atoms with Gasteiger partial charge in [-0.3, -0.25) is 0 Å². The number of benzene rings is 2. The first-order valence-electron chi connectivity index (χ1n) is 8.84. The summed E-state index contributed by atoms with van der Waals surface area (Å²) in [6.07, 6.45) is 0.660. The van der Waals surface area contributed by atoms with Gasteiger partial charge in [0, 0.05) is 12.7 Å². The van der Waals surface area contributed by atoms with E-state index in [1.165, 1.54) is 42.1 Å². The molecule has 0 spiro atoms. The maximum Gasteiger partial charge on any atom is 0.338 e. The summed E-state index contributed by atoms with van der Waals surface area (Å²) < 4.78 is 39.8. The van der Waals surface area contributed by atoms with Gasteiger partial charge in [0.2, 0.25) is 0 Å². The summed E-state index contributed by atoms with van der Waals surface area (Å²) in [5.74, 6) is -1.56. The number of hydrogen-bond donors (Lipinski definition) is 0. The van der Waals surface area contributed by atoms with E-state index in [1.807, 2.05) is 6.92 Å². The van der Waals surface area contributed by atoms with E-state index in [0.717, 1.165) is 0 Å². The molecule has 0 aliphatic heterocycles. The molecule has 0 unspecified atom stereocenters. The molecule has 0 saturated heterocycles. The molecule has 0 saturated carbocycles. The van der Waals surface area contributed by atoms with E-state index >= 15 is 0 Å². The average Bonchev–Trinajstić information content (AvgIpc) is 3.10. The largest absolute Gasteiger partial charge is 0.462 e. The zero-order chi connectivity index (χ0) is 20.1. The summed E-state index contributed by atoms with van der Waals surface area (Å²) in [6.45, 7) is 2.23. The van der Waals surface area contributed by atoms with Crippen LogP contribution in [0.2, 0.25) is 0 Å². The highest BCUT2D eigenvalue weighted by Crippen LogP contribution is 2.31. The summed E-state index contributed by atoms with van der Waals surface area (Å²) >= 11 is 0. The van der Waals surface area contributed by atoms with E-state index in [2.05, 4.69) is 5.10 Å². The Labute approximate surface area is 161 Å². The van der Waals surface area contributed by atoms with Gasteiger partial charge in [0.05, 0.1) is 29.1 Å². The quantitative estimate of drug-likeness (QED) is 0.554. The Morgan fingerprint density at radius 2 is 1.89 bits per heavy atom. The zero-order valence-corrected chi connectivity index (χ0v) is 15.6. The summed E-state index contributed by atoms with van der Waals surface area (Å²) in [4.78, 5) is 12.4. The van der Waals surface area contributed by atoms with E-state index in [4.69, 9.17) is 9.47 Å². The molecule has 0 radical (unpaired) electrons. The number of hydrogen-bond acceptors (Lipinski definition) is 4. The smallest absolute Gasteiger partial charge is 0.338 e. The van der Waals surface area contributed by atoms with Crippen LogP contribution in [0.5, 0.6) is 0 Å².